The number of thiophene rings is 1. The van der Waals surface area contributed by atoms with Gasteiger partial charge in [-0.05, 0) is 51.4 Å². The smallest absolute Gasteiger partial charge is 0.0810 e. The molecule has 1 aliphatic carbocycles. The number of hydrogen-bond acceptors (Lipinski definition) is 4. The second-order valence-electron chi connectivity index (χ2n) is 6.17. The molecule has 2 heterocycles. The lowest BCUT2D eigenvalue weighted by Gasteiger charge is -2.32. The second-order valence-corrected chi connectivity index (χ2v) is 7.42. The van der Waals surface area contributed by atoms with Crippen molar-refractivity contribution in [2.24, 2.45) is 0 Å². The quantitative estimate of drug-likeness (QED) is 0.836. The Morgan fingerprint density at radius 2 is 2.10 bits per heavy atom. The highest BCUT2D eigenvalue weighted by Crippen LogP contribution is 2.22. The Kier molecular flexibility index (Phi) is 5.10. The van der Waals surface area contributed by atoms with E-state index in [4.69, 9.17) is 4.74 Å². The summed E-state index contributed by atoms with van der Waals surface area (Å²) >= 11 is 1.89. The molecule has 1 atom stereocenters. The first-order valence-electron chi connectivity index (χ1n) is 7.90. The minimum atomic E-state index is 0.625. The summed E-state index contributed by atoms with van der Waals surface area (Å²) in [7, 11) is 2.22. The largest absolute Gasteiger partial charge is 0.374 e. The fraction of sp³-hybridized carbons (Fsp3) is 0.750. The summed E-state index contributed by atoms with van der Waals surface area (Å²) in [6.07, 6.45) is 6.70. The average Bonchev–Trinajstić information content (AvgIpc) is 3.18. The SMILES string of the molecule is CN1CCCCC1COCc1ccc(CNC2CC2)s1. The van der Waals surface area contributed by atoms with Crippen molar-refractivity contribution in [3.8, 4) is 0 Å². The lowest BCUT2D eigenvalue weighted by Crippen LogP contribution is -2.39. The summed E-state index contributed by atoms with van der Waals surface area (Å²) in [5.74, 6) is 0. The van der Waals surface area contributed by atoms with Gasteiger partial charge < -0.3 is 15.0 Å². The normalized spacial score (nSPS) is 24.1. The van der Waals surface area contributed by atoms with Crippen molar-refractivity contribution in [2.45, 2.75) is 57.3 Å². The molecule has 1 aromatic rings. The van der Waals surface area contributed by atoms with Crippen LogP contribution in [0.1, 0.15) is 41.9 Å². The van der Waals surface area contributed by atoms with Crippen LogP contribution in [0.25, 0.3) is 0 Å². The highest BCUT2D eigenvalue weighted by atomic mass is 32.1. The summed E-state index contributed by atoms with van der Waals surface area (Å²) < 4.78 is 5.93. The maximum Gasteiger partial charge on any atom is 0.0810 e. The zero-order chi connectivity index (χ0) is 13.8. The maximum atomic E-state index is 5.93. The van der Waals surface area contributed by atoms with Crippen LogP contribution in [0.15, 0.2) is 12.1 Å². The Morgan fingerprint density at radius 1 is 1.25 bits per heavy atom. The van der Waals surface area contributed by atoms with Crippen molar-refractivity contribution in [3.05, 3.63) is 21.9 Å². The van der Waals surface area contributed by atoms with E-state index in [1.165, 1.54) is 48.4 Å². The molecule has 2 aliphatic rings. The van der Waals surface area contributed by atoms with Gasteiger partial charge in [0.25, 0.3) is 0 Å². The zero-order valence-electron chi connectivity index (χ0n) is 12.4. The van der Waals surface area contributed by atoms with E-state index in [-0.39, 0.29) is 0 Å². The molecule has 1 aromatic heterocycles. The molecule has 3 nitrogen and oxygen atoms in total. The predicted octanol–water partition coefficient (Wildman–Crippen LogP) is 3.00. The number of likely N-dealkylation sites (tertiary alicyclic amines) is 1. The topological polar surface area (TPSA) is 24.5 Å². The Hall–Kier alpha value is -0.420. The van der Waals surface area contributed by atoms with E-state index in [0.29, 0.717) is 6.04 Å². The van der Waals surface area contributed by atoms with Crippen molar-refractivity contribution in [1.29, 1.82) is 0 Å². The van der Waals surface area contributed by atoms with Crippen LogP contribution < -0.4 is 5.32 Å². The van der Waals surface area contributed by atoms with Gasteiger partial charge in [-0.1, -0.05) is 6.42 Å². The first-order chi connectivity index (χ1) is 9.81. The van der Waals surface area contributed by atoms with E-state index in [2.05, 4.69) is 29.4 Å². The van der Waals surface area contributed by atoms with Gasteiger partial charge in [0.1, 0.15) is 0 Å². The molecule has 4 heteroatoms. The molecular weight excluding hydrogens is 268 g/mol. The minimum absolute atomic E-state index is 0.625. The third-order valence-electron chi connectivity index (χ3n) is 4.34. The van der Waals surface area contributed by atoms with Crippen molar-refractivity contribution >= 4 is 11.3 Å². The monoisotopic (exact) mass is 294 g/mol. The summed E-state index contributed by atoms with van der Waals surface area (Å²) in [4.78, 5) is 5.24. The van der Waals surface area contributed by atoms with Gasteiger partial charge in [0.05, 0.1) is 13.2 Å². The fourth-order valence-electron chi connectivity index (χ4n) is 2.78. The average molecular weight is 294 g/mol. The van der Waals surface area contributed by atoms with Gasteiger partial charge >= 0.3 is 0 Å². The molecule has 3 rings (SSSR count). The summed E-state index contributed by atoms with van der Waals surface area (Å²) in [5, 5.41) is 3.56. The Morgan fingerprint density at radius 3 is 2.90 bits per heavy atom. The maximum absolute atomic E-state index is 5.93. The fourth-order valence-corrected chi connectivity index (χ4v) is 3.68. The van der Waals surface area contributed by atoms with Crippen LogP contribution in [0.5, 0.6) is 0 Å². The van der Waals surface area contributed by atoms with Gasteiger partial charge in [-0.15, -0.1) is 11.3 Å². The second kappa shape index (κ2) is 7.03. The number of nitrogens with zero attached hydrogens (tertiary/aromatic N) is 1. The number of hydrogen-bond donors (Lipinski definition) is 1. The van der Waals surface area contributed by atoms with Crippen molar-refractivity contribution in [2.75, 3.05) is 20.2 Å². The van der Waals surface area contributed by atoms with Crippen LogP contribution in [0.2, 0.25) is 0 Å². The lowest BCUT2D eigenvalue weighted by molar-refractivity contribution is 0.0455. The number of rotatable bonds is 7. The highest BCUT2D eigenvalue weighted by molar-refractivity contribution is 7.11. The minimum Gasteiger partial charge on any atom is -0.374 e. The molecule has 112 valence electrons. The molecule has 1 saturated heterocycles. The van der Waals surface area contributed by atoms with Crippen LogP contribution >= 0.6 is 11.3 Å². The van der Waals surface area contributed by atoms with E-state index in [9.17, 15) is 0 Å². The molecule has 0 radical (unpaired) electrons. The molecule has 1 saturated carbocycles. The van der Waals surface area contributed by atoms with E-state index in [0.717, 1.165) is 25.8 Å². The Labute approximate surface area is 126 Å². The molecule has 0 spiro atoms. The zero-order valence-corrected chi connectivity index (χ0v) is 13.3. The van der Waals surface area contributed by atoms with E-state index >= 15 is 0 Å². The molecule has 2 fully saturated rings. The molecule has 0 bridgehead atoms. The summed E-state index contributed by atoms with van der Waals surface area (Å²) in [5.41, 5.74) is 0. The van der Waals surface area contributed by atoms with Crippen molar-refractivity contribution in [3.63, 3.8) is 0 Å². The van der Waals surface area contributed by atoms with Crippen molar-refractivity contribution in [1.82, 2.24) is 10.2 Å². The predicted molar refractivity (Wildman–Crippen MR) is 84.1 cm³/mol. The summed E-state index contributed by atoms with van der Waals surface area (Å²) in [6.45, 7) is 3.91. The number of likely N-dealkylation sites (N-methyl/N-ethyl adjacent to an activating group) is 1. The Bertz CT molecular complexity index is 416. The van der Waals surface area contributed by atoms with Crippen LogP contribution in [0.3, 0.4) is 0 Å². The van der Waals surface area contributed by atoms with Gasteiger partial charge in [0.2, 0.25) is 0 Å². The van der Waals surface area contributed by atoms with Gasteiger partial charge in [-0.3, -0.25) is 0 Å². The number of piperidine rings is 1. The Balaban J connectivity index is 1.37. The standard InChI is InChI=1S/C16H26N2OS/c1-18-9-3-2-4-14(18)11-19-12-16-8-7-15(20-16)10-17-13-5-6-13/h7-8,13-14,17H,2-6,9-12H2,1H3. The van der Waals surface area contributed by atoms with Gasteiger partial charge in [-0.25, -0.2) is 0 Å². The molecule has 1 aliphatic heterocycles. The van der Waals surface area contributed by atoms with Crippen LogP contribution in [0.4, 0.5) is 0 Å². The first kappa shape index (κ1) is 14.5. The molecule has 0 aromatic carbocycles. The molecule has 1 unspecified atom stereocenters. The van der Waals surface area contributed by atoms with E-state index in [1.54, 1.807) is 0 Å². The third-order valence-corrected chi connectivity index (χ3v) is 5.39. The van der Waals surface area contributed by atoms with Gasteiger partial charge in [0.15, 0.2) is 0 Å². The number of ether oxygens (including phenoxy) is 1. The first-order valence-corrected chi connectivity index (χ1v) is 8.72. The lowest BCUT2D eigenvalue weighted by atomic mass is 10.0. The molecule has 1 N–H and O–H groups in total. The molecule has 0 amide bonds. The molecular formula is C16H26N2OS. The van der Waals surface area contributed by atoms with Crippen LogP contribution in [-0.4, -0.2) is 37.2 Å². The van der Waals surface area contributed by atoms with Crippen LogP contribution in [0, 0.1) is 0 Å². The summed E-state index contributed by atoms with van der Waals surface area (Å²) in [6, 6.07) is 5.88. The third kappa shape index (κ3) is 4.29. The number of nitrogens with one attached hydrogen (secondary N) is 1. The van der Waals surface area contributed by atoms with Gasteiger partial charge in [0, 0.05) is 28.4 Å². The highest BCUT2D eigenvalue weighted by Gasteiger charge is 2.20. The van der Waals surface area contributed by atoms with Gasteiger partial charge in [-0.2, -0.15) is 0 Å². The van der Waals surface area contributed by atoms with Crippen molar-refractivity contribution < 1.29 is 4.74 Å². The van der Waals surface area contributed by atoms with E-state index in [1.807, 2.05) is 11.3 Å². The van der Waals surface area contributed by atoms with Crippen LogP contribution in [-0.2, 0) is 17.9 Å². The van der Waals surface area contributed by atoms with E-state index < -0.39 is 0 Å². The molecule has 20 heavy (non-hydrogen) atoms.